The van der Waals surface area contributed by atoms with E-state index >= 15 is 0 Å². The number of hydrogen-bond donors (Lipinski definition) is 1. The third-order valence-corrected chi connectivity index (χ3v) is 5.57. The van der Waals surface area contributed by atoms with Crippen molar-refractivity contribution >= 4 is 23.4 Å². The van der Waals surface area contributed by atoms with Gasteiger partial charge in [0.15, 0.2) is 0 Å². The number of nitrogens with zero attached hydrogens (tertiary/aromatic N) is 5. The molecule has 1 amide bonds. The zero-order valence-corrected chi connectivity index (χ0v) is 17.5. The Kier molecular flexibility index (Phi) is 6.15. The number of nitrogens with one attached hydrogen (secondary N) is 1. The number of benzene rings is 1. The Hall–Kier alpha value is -3.43. The molecule has 10 heteroatoms. The van der Waals surface area contributed by atoms with Crippen molar-refractivity contribution in [3.05, 3.63) is 46.1 Å². The lowest BCUT2D eigenvalue weighted by atomic mass is 10.1. The van der Waals surface area contributed by atoms with Crippen molar-refractivity contribution < 1.29 is 14.5 Å². The van der Waals surface area contributed by atoms with Crippen LogP contribution in [0.1, 0.15) is 24.8 Å². The quantitative estimate of drug-likeness (QED) is 0.505. The molecule has 0 spiro atoms. The fraction of sp³-hybridized carbons (Fsp3) is 0.476. The molecule has 164 valence electrons. The van der Waals surface area contributed by atoms with Gasteiger partial charge >= 0.3 is 5.69 Å². The minimum atomic E-state index is -0.464. The summed E-state index contributed by atoms with van der Waals surface area (Å²) >= 11 is 0. The van der Waals surface area contributed by atoms with Crippen molar-refractivity contribution in [3.63, 3.8) is 0 Å². The summed E-state index contributed by atoms with van der Waals surface area (Å²) in [6.07, 6.45) is 4.39. The maximum absolute atomic E-state index is 12.6. The Balaban J connectivity index is 1.31. The van der Waals surface area contributed by atoms with Crippen LogP contribution in [0.5, 0.6) is 5.75 Å². The number of methoxy groups -OCH3 is 1. The fourth-order valence-electron chi connectivity index (χ4n) is 3.54. The van der Waals surface area contributed by atoms with Crippen LogP contribution in [0.25, 0.3) is 0 Å². The van der Waals surface area contributed by atoms with Gasteiger partial charge in [-0.1, -0.05) is 12.1 Å². The normalized spacial score (nSPS) is 16.2. The average Bonchev–Trinajstić information content (AvgIpc) is 3.61. The molecular weight excluding hydrogens is 400 g/mol. The number of anilines is 2. The fourth-order valence-corrected chi connectivity index (χ4v) is 3.54. The number of aromatic nitrogens is 2. The third kappa shape index (κ3) is 5.19. The minimum absolute atomic E-state index is 0.108. The van der Waals surface area contributed by atoms with Crippen LogP contribution in [-0.4, -0.2) is 65.0 Å². The van der Waals surface area contributed by atoms with Gasteiger partial charge in [0.25, 0.3) is 0 Å². The minimum Gasteiger partial charge on any atom is -0.497 e. The van der Waals surface area contributed by atoms with Crippen LogP contribution in [-0.2, 0) is 11.2 Å². The van der Waals surface area contributed by atoms with E-state index in [0.29, 0.717) is 45.0 Å². The molecule has 1 saturated heterocycles. The van der Waals surface area contributed by atoms with E-state index < -0.39 is 4.92 Å². The maximum atomic E-state index is 12.6. The molecule has 1 N–H and O–H groups in total. The van der Waals surface area contributed by atoms with Crippen molar-refractivity contribution in [2.75, 3.05) is 43.5 Å². The van der Waals surface area contributed by atoms with Gasteiger partial charge < -0.3 is 19.9 Å². The van der Waals surface area contributed by atoms with Gasteiger partial charge in [-0.2, -0.15) is 4.98 Å². The average molecular weight is 426 g/mol. The number of rotatable bonds is 8. The molecule has 4 rings (SSSR count). The smallest absolute Gasteiger partial charge is 0.329 e. The number of carbonyl (C=O) groups is 1. The highest BCUT2D eigenvalue weighted by Crippen LogP contribution is 2.30. The van der Waals surface area contributed by atoms with E-state index in [2.05, 4.69) is 15.3 Å². The SMILES string of the molecule is COc1ccc(CCC(=O)N2CCN(c3ncc([N+](=O)[O-])c(NC4CC4)n3)CC2)cc1. The molecule has 1 saturated carbocycles. The van der Waals surface area contributed by atoms with E-state index in [4.69, 9.17) is 4.74 Å². The molecule has 1 aliphatic carbocycles. The Labute approximate surface area is 180 Å². The van der Waals surface area contributed by atoms with Crippen LogP contribution in [0, 0.1) is 10.1 Å². The number of ether oxygens (including phenoxy) is 1. The molecule has 1 aromatic carbocycles. The molecule has 2 aromatic rings. The van der Waals surface area contributed by atoms with Crippen molar-refractivity contribution in [1.82, 2.24) is 14.9 Å². The van der Waals surface area contributed by atoms with E-state index in [1.807, 2.05) is 34.1 Å². The molecule has 0 radical (unpaired) electrons. The Morgan fingerprint density at radius 1 is 1.23 bits per heavy atom. The molecule has 0 bridgehead atoms. The van der Waals surface area contributed by atoms with Crippen LogP contribution in [0.2, 0.25) is 0 Å². The second-order valence-electron chi connectivity index (χ2n) is 7.80. The molecule has 31 heavy (non-hydrogen) atoms. The first-order valence-electron chi connectivity index (χ1n) is 10.5. The maximum Gasteiger partial charge on any atom is 0.329 e. The van der Waals surface area contributed by atoms with E-state index in [0.717, 1.165) is 24.2 Å². The molecule has 2 fully saturated rings. The lowest BCUT2D eigenvalue weighted by Gasteiger charge is -2.34. The third-order valence-electron chi connectivity index (χ3n) is 5.57. The summed E-state index contributed by atoms with van der Waals surface area (Å²) in [5.74, 6) is 1.65. The molecular formula is C21H26N6O4. The largest absolute Gasteiger partial charge is 0.497 e. The monoisotopic (exact) mass is 426 g/mol. The number of amides is 1. The number of carbonyl (C=O) groups excluding carboxylic acids is 1. The van der Waals surface area contributed by atoms with Crippen LogP contribution in [0.15, 0.2) is 30.5 Å². The first-order valence-corrected chi connectivity index (χ1v) is 10.5. The van der Waals surface area contributed by atoms with Crippen LogP contribution >= 0.6 is 0 Å². The van der Waals surface area contributed by atoms with Crippen LogP contribution in [0.3, 0.4) is 0 Å². The highest BCUT2D eigenvalue weighted by molar-refractivity contribution is 5.76. The molecule has 1 aliphatic heterocycles. The Morgan fingerprint density at radius 2 is 1.94 bits per heavy atom. The standard InChI is InChI=1S/C21H26N6O4/c1-31-17-7-2-15(3-8-17)4-9-19(28)25-10-12-26(13-11-25)21-22-14-18(27(29)30)20(24-21)23-16-5-6-16/h2-3,7-8,14,16H,4-6,9-13H2,1H3,(H,22,23,24). The summed E-state index contributed by atoms with van der Waals surface area (Å²) in [7, 11) is 1.63. The van der Waals surface area contributed by atoms with Crippen molar-refractivity contribution in [3.8, 4) is 5.75 Å². The van der Waals surface area contributed by atoms with Crippen molar-refractivity contribution in [1.29, 1.82) is 0 Å². The topological polar surface area (TPSA) is 114 Å². The Bertz CT molecular complexity index is 939. The lowest BCUT2D eigenvalue weighted by Crippen LogP contribution is -2.49. The van der Waals surface area contributed by atoms with Gasteiger partial charge in [0.05, 0.1) is 12.0 Å². The van der Waals surface area contributed by atoms with Crippen LogP contribution in [0.4, 0.5) is 17.5 Å². The number of aryl methyl sites for hydroxylation is 1. The highest BCUT2D eigenvalue weighted by atomic mass is 16.6. The lowest BCUT2D eigenvalue weighted by molar-refractivity contribution is -0.384. The van der Waals surface area contributed by atoms with E-state index in [1.165, 1.54) is 6.20 Å². The first kappa shape index (κ1) is 20.8. The van der Waals surface area contributed by atoms with E-state index in [1.54, 1.807) is 7.11 Å². The zero-order valence-electron chi connectivity index (χ0n) is 17.5. The highest BCUT2D eigenvalue weighted by Gasteiger charge is 2.28. The van der Waals surface area contributed by atoms with E-state index in [-0.39, 0.29) is 23.5 Å². The summed E-state index contributed by atoms with van der Waals surface area (Å²) in [6.45, 7) is 2.34. The predicted octanol–water partition coefficient (Wildman–Crippen LogP) is 2.25. The van der Waals surface area contributed by atoms with Gasteiger partial charge in [0.1, 0.15) is 11.9 Å². The second kappa shape index (κ2) is 9.15. The van der Waals surface area contributed by atoms with Gasteiger partial charge in [-0.15, -0.1) is 0 Å². The van der Waals surface area contributed by atoms with Crippen LogP contribution < -0.4 is 15.0 Å². The molecule has 0 atom stereocenters. The number of piperazine rings is 1. The predicted molar refractivity (Wildman–Crippen MR) is 115 cm³/mol. The van der Waals surface area contributed by atoms with Gasteiger partial charge in [-0.05, 0) is 37.0 Å². The zero-order chi connectivity index (χ0) is 21.8. The van der Waals surface area contributed by atoms with Gasteiger partial charge in [-0.3, -0.25) is 14.9 Å². The van der Waals surface area contributed by atoms with Crippen molar-refractivity contribution in [2.24, 2.45) is 0 Å². The molecule has 2 heterocycles. The van der Waals surface area contributed by atoms with Gasteiger partial charge in [0.2, 0.25) is 17.7 Å². The number of hydrogen-bond acceptors (Lipinski definition) is 8. The summed E-state index contributed by atoms with van der Waals surface area (Å²) in [5, 5.41) is 14.4. The summed E-state index contributed by atoms with van der Waals surface area (Å²) in [4.78, 5) is 35.8. The summed E-state index contributed by atoms with van der Waals surface area (Å²) in [6, 6.07) is 8.00. The van der Waals surface area contributed by atoms with E-state index in [9.17, 15) is 14.9 Å². The summed E-state index contributed by atoms with van der Waals surface area (Å²) in [5.41, 5.74) is 0.991. The molecule has 10 nitrogen and oxygen atoms in total. The molecule has 2 aliphatic rings. The molecule has 0 unspecified atom stereocenters. The summed E-state index contributed by atoms with van der Waals surface area (Å²) < 4.78 is 5.16. The second-order valence-corrected chi connectivity index (χ2v) is 7.80. The Morgan fingerprint density at radius 3 is 2.55 bits per heavy atom. The molecule has 1 aromatic heterocycles. The first-order chi connectivity index (χ1) is 15.0. The van der Waals surface area contributed by atoms with Crippen molar-refractivity contribution in [2.45, 2.75) is 31.7 Å². The van der Waals surface area contributed by atoms with Gasteiger partial charge in [-0.25, -0.2) is 4.98 Å². The van der Waals surface area contributed by atoms with Gasteiger partial charge in [0, 0.05) is 38.6 Å². The number of nitro groups is 1.